The highest BCUT2D eigenvalue weighted by molar-refractivity contribution is 4.82. The summed E-state index contributed by atoms with van der Waals surface area (Å²) in [4.78, 5) is 5.34. The topological polar surface area (TPSA) is 6.48 Å². The molecule has 88 valence electrons. The highest BCUT2D eigenvalue weighted by Gasteiger charge is 2.26. The second kappa shape index (κ2) is 5.31. The van der Waals surface area contributed by atoms with Crippen molar-refractivity contribution in [1.82, 2.24) is 9.80 Å². The van der Waals surface area contributed by atoms with Gasteiger partial charge in [0.05, 0.1) is 0 Å². The highest BCUT2D eigenvalue weighted by Crippen LogP contribution is 2.23. The van der Waals surface area contributed by atoms with Crippen LogP contribution in [-0.4, -0.2) is 48.6 Å². The largest absolute Gasteiger partial charge is 0.303 e. The maximum Gasteiger partial charge on any atom is 0.0120 e. The lowest BCUT2D eigenvalue weighted by molar-refractivity contribution is 0.0823. The lowest BCUT2D eigenvalue weighted by Gasteiger charge is -2.41. The van der Waals surface area contributed by atoms with Gasteiger partial charge in [0.25, 0.3) is 0 Å². The molecule has 0 saturated carbocycles. The van der Waals surface area contributed by atoms with Crippen molar-refractivity contribution >= 4 is 0 Å². The minimum atomic E-state index is 0.903. The molecular weight excluding hydrogens is 184 g/mol. The summed E-state index contributed by atoms with van der Waals surface area (Å²) in [5.41, 5.74) is 0. The lowest BCUT2D eigenvalue weighted by Crippen LogP contribution is -2.47. The van der Waals surface area contributed by atoms with Gasteiger partial charge in [-0.1, -0.05) is 13.8 Å². The average molecular weight is 210 g/mol. The Bertz CT molecular complexity index is 177. The van der Waals surface area contributed by atoms with Gasteiger partial charge >= 0.3 is 0 Å². The fraction of sp³-hybridized carbons (Fsp3) is 1.00. The predicted octanol–water partition coefficient (Wildman–Crippen LogP) is 2.20. The summed E-state index contributed by atoms with van der Waals surface area (Å²) < 4.78 is 0. The monoisotopic (exact) mass is 210 g/mol. The molecule has 0 aromatic heterocycles. The van der Waals surface area contributed by atoms with Crippen molar-refractivity contribution in [3.05, 3.63) is 0 Å². The number of piperidine rings is 2. The van der Waals surface area contributed by atoms with E-state index < -0.39 is 0 Å². The van der Waals surface area contributed by atoms with Crippen LogP contribution in [0, 0.1) is 5.92 Å². The van der Waals surface area contributed by atoms with E-state index in [0.717, 1.165) is 12.0 Å². The minimum Gasteiger partial charge on any atom is -0.303 e. The molecule has 0 aromatic rings. The van der Waals surface area contributed by atoms with Crippen LogP contribution in [0.15, 0.2) is 0 Å². The van der Waals surface area contributed by atoms with E-state index in [-0.39, 0.29) is 0 Å². The van der Waals surface area contributed by atoms with Crippen molar-refractivity contribution < 1.29 is 0 Å². The smallest absolute Gasteiger partial charge is 0.0120 e. The first-order valence-corrected chi connectivity index (χ1v) is 6.76. The van der Waals surface area contributed by atoms with E-state index in [4.69, 9.17) is 0 Å². The molecule has 0 atom stereocenters. The summed E-state index contributed by atoms with van der Waals surface area (Å²) in [6, 6.07) is 0.903. The van der Waals surface area contributed by atoms with Crippen LogP contribution in [0.3, 0.4) is 0 Å². The molecule has 2 saturated heterocycles. The van der Waals surface area contributed by atoms with Crippen LogP contribution in [0.25, 0.3) is 0 Å². The van der Waals surface area contributed by atoms with Crippen molar-refractivity contribution in [3.8, 4) is 0 Å². The Morgan fingerprint density at radius 2 is 1.53 bits per heavy atom. The third-order valence-corrected chi connectivity index (χ3v) is 4.34. The summed E-state index contributed by atoms with van der Waals surface area (Å²) in [5.74, 6) is 0.969. The van der Waals surface area contributed by atoms with Crippen LogP contribution in [0.5, 0.6) is 0 Å². The predicted molar refractivity (Wildman–Crippen MR) is 65.1 cm³/mol. The van der Waals surface area contributed by atoms with Gasteiger partial charge < -0.3 is 9.80 Å². The molecule has 2 heteroatoms. The van der Waals surface area contributed by atoms with E-state index in [9.17, 15) is 0 Å². The third-order valence-electron chi connectivity index (χ3n) is 4.34. The van der Waals surface area contributed by atoms with Gasteiger partial charge in [-0.15, -0.1) is 0 Å². The van der Waals surface area contributed by atoms with Crippen LogP contribution >= 0.6 is 0 Å². The summed E-state index contributed by atoms with van der Waals surface area (Å²) >= 11 is 0. The lowest BCUT2D eigenvalue weighted by atomic mass is 9.95. The van der Waals surface area contributed by atoms with Gasteiger partial charge in [0.1, 0.15) is 0 Å². The van der Waals surface area contributed by atoms with Gasteiger partial charge in [-0.05, 0) is 64.3 Å². The molecule has 0 aliphatic carbocycles. The van der Waals surface area contributed by atoms with E-state index in [1.165, 1.54) is 58.4 Å². The molecule has 2 nitrogen and oxygen atoms in total. The molecule has 0 spiro atoms. The van der Waals surface area contributed by atoms with E-state index >= 15 is 0 Å². The van der Waals surface area contributed by atoms with Crippen LogP contribution in [0.1, 0.15) is 39.5 Å². The van der Waals surface area contributed by atoms with Crippen molar-refractivity contribution in [2.45, 2.75) is 45.6 Å². The zero-order valence-electron chi connectivity index (χ0n) is 10.4. The zero-order valence-corrected chi connectivity index (χ0v) is 10.4. The zero-order chi connectivity index (χ0) is 10.7. The van der Waals surface area contributed by atoms with E-state index in [0.29, 0.717) is 0 Å². The fourth-order valence-corrected chi connectivity index (χ4v) is 2.99. The Balaban J connectivity index is 1.75. The summed E-state index contributed by atoms with van der Waals surface area (Å²) in [7, 11) is 0. The Labute approximate surface area is 94.6 Å². The first-order valence-electron chi connectivity index (χ1n) is 6.76. The second-order valence-electron chi connectivity index (χ2n) is 5.38. The molecule has 2 fully saturated rings. The number of rotatable bonds is 2. The van der Waals surface area contributed by atoms with Crippen LogP contribution < -0.4 is 0 Å². The summed E-state index contributed by atoms with van der Waals surface area (Å²) in [6.07, 6.45) is 5.66. The summed E-state index contributed by atoms with van der Waals surface area (Å²) in [5, 5.41) is 0. The standard InChI is InChI=1S/C13H26N2/c1-3-14-8-6-13(7-9-14)15-10-4-12(2)5-11-15/h12-13H,3-11H2,1-2H3. The number of nitrogens with zero attached hydrogens (tertiary/aromatic N) is 2. The number of hydrogen-bond donors (Lipinski definition) is 0. The molecule has 0 unspecified atom stereocenters. The molecule has 0 amide bonds. The molecule has 2 rings (SSSR count). The van der Waals surface area contributed by atoms with E-state index in [2.05, 4.69) is 23.6 Å². The van der Waals surface area contributed by atoms with E-state index in [1.807, 2.05) is 0 Å². The van der Waals surface area contributed by atoms with Crippen molar-refractivity contribution in [1.29, 1.82) is 0 Å². The molecule has 0 aromatic carbocycles. The Hall–Kier alpha value is -0.0800. The SMILES string of the molecule is CCN1CCC(N2CCC(C)CC2)CC1. The number of hydrogen-bond acceptors (Lipinski definition) is 2. The van der Waals surface area contributed by atoms with Gasteiger partial charge in [-0.25, -0.2) is 0 Å². The quantitative estimate of drug-likeness (QED) is 0.689. The maximum atomic E-state index is 2.76. The fourth-order valence-electron chi connectivity index (χ4n) is 2.99. The van der Waals surface area contributed by atoms with Gasteiger partial charge in [0.2, 0.25) is 0 Å². The normalized spacial score (nSPS) is 28.4. The molecule has 2 heterocycles. The molecule has 2 aliphatic rings. The number of likely N-dealkylation sites (tertiary alicyclic amines) is 2. The van der Waals surface area contributed by atoms with Gasteiger partial charge in [0, 0.05) is 6.04 Å². The van der Waals surface area contributed by atoms with Gasteiger partial charge in [0.15, 0.2) is 0 Å². The molecular formula is C13H26N2. The third kappa shape index (κ3) is 2.94. The van der Waals surface area contributed by atoms with Crippen molar-refractivity contribution in [2.24, 2.45) is 5.92 Å². The second-order valence-corrected chi connectivity index (χ2v) is 5.38. The first kappa shape index (κ1) is 11.4. The van der Waals surface area contributed by atoms with Crippen molar-refractivity contribution in [2.75, 3.05) is 32.7 Å². The van der Waals surface area contributed by atoms with Crippen LogP contribution in [-0.2, 0) is 0 Å². The summed E-state index contributed by atoms with van der Waals surface area (Å²) in [6.45, 7) is 11.3. The molecule has 15 heavy (non-hydrogen) atoms. The maximum absolute atomic E-state index is 2.76. The van der Waals surface area contributed by atoms with Gasteiger partial charge in [-0.3, -0.25) is 0 Å². The molecule has 0 radical (unpaired) electrons. The van der Waals surface area contributed by atoms with Crippen molar-refractivity contribution in [3.63, 3.8) is 0 Å². The highest BCUT2D eigenvalue weighted by atomic mass is 15.2. The Morgan fingerprint density at radius 1 is 0.933 bits per heavy atom. The van der Waals surface area contributed by atoms with Gasteiger partial charge in [-0.2, -0.15) is 0 Å². The van der Waals surface area contributed by atoms with Crippen LogP contribution in [0.4, 0.5) is 0 Å². The van der Waals surface area contributed by atoms with Crippen LogP contribution in [0.2, 0.25) is 0 Å². The van der Waals surface area contributed by atoms with E-state index in [1.54, 1.807) is 0 Å². The Kier molecular flexibility index (Phi) is 4.04. The minimum absolute atomic E-state index is 0.903. The molecule has 2 aliphatic heterocycles. The molecule has 0 bridgehead atoms. The Morgan fingerprint density at radius 3 is 2.07 bits per heavy atom. The average Bonchev–Trinajstić information content (AvgIpc) is 2.30. The molecule has 0 N–H and O–H groups in total. The first-order chi connectivity index (χ1) is 7.29.